The van der Waals surface area contributed by atoms with Crippen molar-refractivity contribution in [3.8, 4) is 6.07 Å². The average Bonchev–Trinajstić information content (AvgIpc) is 3.36. The summed E-state index contributed by atoms with van der Waals surface area (Å²) in [5.41, 5.74) is 2.10. The highest BCUT2D eigenvalue weighted by atomic mass is 16.5. The molecule has 0 atom stereocenters. The first-order valence-corrected chi connectivity index (χ1v) is 10.9. The largest absolute Gasteiger partial charge is 0.452 e. The second-order valence-corrected chi connectivity index (χ2v) is 8.03. The Labute approximate surface area is 204 Å². The number of hydrogen-bond acceptors (Lipinski definition) is 7. The Morgan fingerprint density at radius 2 is 1.72 bits per heavy atom. The van der Waals surface area contributed by atoms with E-state index in [1.807, 2.05) is 6.07 Å². The monoisotopic (exact) mass is 479 g/mol. The van der Waals surface area contributed by atoms with E-state index in [4.69, 9.17) is 9.15 Å². The van der Waals surface area contributed by atoms with E-state index >= 15 is 0 Å². The van der Waals surface area contributed by atoms with Gasteiger partial charge in [-0.2, -0.15) is 5.26 Å². The molecule has 1 N–H and O–H groups in total. The molecule has 9 nitrogen and oxygen atoms in total. The first-order chi connectivity index (χ1) is 17.4. The number of furan rings is 1. The molecule has 0 unspecified atom stereocenters. The molecule has 0 saturated carbocycles. The third kappa shape index (κ3) is 3.76. The van der Waals surface area contributed by atoms with Gasteiger partial charge in [0.15, 0.2) is 6.61 Å². The maximum Gasteiger partial charge on any atom is 0.338 e. The first kappa shape index (κ1) is 22.6. The molecular weight excluding hydrogens is 462 g/mol. The number of rotatable bonds is 5. The summed E-state index contributed by atoms with van der Waals surface area (Å²) < 4.78 is 10.5. The number of carbonyl (C=O) groups excluding carboxylic acids is 4. The predicted molar refractivity (Wildman–Crippen MR) is 129 cm³/mol. The van der Waals surface area contributed by atoms with E-state index in [2.05, 4.69) is 5.32 Å². The van der Waals surface area contributed by atoms with Gasteiger partial charge < -0.3 is 14.5 Å². The van der Waals surface area contributed by atoms with Crippen LogP contribution in [0, 0.1) is 18.3 Å². The molecule has 1 aliphatic rings. The Balaban J connectivity index is 1.30. The number of carbonyl (C=O) groups is 4. The number of amides is 3. The lowest BCUT2D eigenvalue weighted by Gasteiger charge is -2.16. The first-order valence-electron chi connectivity index (χ1n) is 10.9. The third-order valence-electron chi connectivity index (χ3n) is 5.77. The maximum atomic E-state index is 13.0. The van der Waals surface area contributed by atoms with E-state index in [1.54, 1.807) is 55.5 Å². The molecule has 0 aliphatic carbocycles. The summed E-state index contributed by atoms with van der Waals surface area (Å²) in [6.45, 7) is 1.15. The van der Waals surface area contributed by atoms with Gasteiger partial charge in [-0.15, -0.1) is 0 Å². The highest BCUT2D eigenvalue weighted by Crippen LogP contribution is 2.32. The van der Waals surface area contributed by atoms with Gasteiger partial charge in [-0.25, -0.2) is 9.69 Å². The minimum Gasteiger partial charge on any atom is -0.452 e. The molecule has 1 aromatic heterocycles. The van der Waals surface area contributed by atoms with Crippen LogP contribution >= 0.6 is 0 Å². The number of benzene rings is 3. The van der Waals surface area contributed by atoms with E-state index in [-0.39, 0.29) is 28.1 Å². The Kier molecular flexibility index (Phi) is 5.54. The van der Waals surface area contributed by atoms with Crippen molar-refractivity contribution in [1.82, 2.24) is 0 Å². The molecule has 3 aromatic carbocycles. The van der Waals surface area contributed by atoms with Crippen LogP contribution in [0.15, 0.2) is 71.1 Å². The SMILES string of the molecule is Cc1ccccc1N1C(=O)c2ccc(C(=O)OCC(=O)Nc3c(C#N)oc4ccccc34)cc2C1=O. The lowest BCUT2D eigenvalue weighted by molar-refractivity contribution is -0.119. The van der Waals surface area contributed by atoms with Crippen molar-refractivity contribution in [1.29, 1.82) is 5.26 Å². The van der Waals surface area contributed by atoms with E-state index in [9.17, 15) is 24.4 Å². The Morgan fingerprint density at radius 3 is 2.50 bits per heavy atom. The van der Waals surface area contributed by atoms with Gasteiger partial charge in [0.2, 0.25) is 5.76 Å². The van der Waals surface area contributed by atoms with Crippen LogP contribution < -0.4 is 10.2 Å². The van der Waals surface area contributed by atoms with Crippen LogP contribution in [0.5, 0.6) is 0 Å². The van der Waals surface area contributed by atoms with Crippen LogP contribution in [-0.4, -0.2) is 30.3 Å². The fourth-order valence-corrected chi connectivity index (χ4v) is 4.04. The number of nitrogens with zero attached hydrogens (tertiary/aromatic N) is 2. The summed E-state index contributed by atoms with van der Waals surface area (Å²) in [4.78, 5) is 52.0. The summed E-state index contributed by atoms with van der Waals surface area (Å²) in [7, 11) is 0. The van der Waals surface area contributed by atoms with Gasteiger partial charge in [-0.05, 0) is 48.9 Å². The zero-order valence-electron chi connectivity index (χ0n) is 18.9. The van der Waals surface area contributed by atoms with Gasteiger partial charge in [0.1, 0.15) is 17.3 Å². The summed E-state index contributed by atoms with van der Waals surface area (Å²) in [6, 6.07) is 19.7. The summed E-state index contributed by atoms with van der Waals surface area (Å²) in [5.74, 6) is -2.63. The number of fused-ring (bicyclic) bond motifs is 2. The smallest absolute Gasteiger partial charge is 0.338 e. The number of nitrogens with one attached hydrogen (secondary N) is 1. The normalized spacial score (nSPS) is 12.4. The highest BCUT2D eigenvalue weighted by molar-refractivity contribution is 6.35. The minimum atomic E-state index is -0.847. The molecule has 0 saturated heterocycles. The second-order valence-electron chi connectivity index (χ2n) is 8.03. The number of imide groups is 1. The molecule has 4 aromatic rings. The topological polar surface area (TPSA) is 130 Å². The predicted octanol–water partition coefficient (Wildman–Crippen LogP) is 4.21. The van der Waals surface area contributed by atoms with Crippen molar-refractivity contribution in [2.24, 2.45) is 0 Å². The Morgan fingerprint density at radius 1 is 1.00 bits per heavy atom. The molecular formula is C27H17N3O6. The maximum absolute atomic E-state index is 13.0. The van der Waals surface area contributed by atoms with E-state index in [0.717, 1.165) is 10.5 Å². The Bertz CT molecular complexity index is 1630. The molecule has 0 spiro atoms. The van der Waals surface area contributed by atoms with Crippen LogP contribution in [0.25, 0.3) is 11.0 Å². The van der Waals surface area contributed by atoms with Gasteiger partial charge in [-0.3, -0.25) is 14.4 Å². The third-order valence-corrected chi connectivity index (χ3v) is 5.77. The number of ether oxygens (including phenoxy) is 1. The summed E-state index contributed by atoms with van der Waals surface area (Å²) in [6.07, 6.45) is 0. The van der Waals surface area contributed by atoms with Crippen LogP contribution in [0.2, 0.25) is 0 Å². The van der Waals surface area contributed by atoms with Crippen molar-refractivity contribution in [3.63, 3.8) is 0 Å². The number of anilines is 2. The van der Waals surface area contributed by atoms with E-state index in [0.29, 0.717) is 16.7 Å². The minimum absolute atomic E-state index is 0.0146. The van der Waals surface area contributed by atoms with E-state index < -0.39 is 30.3 Å². The standard InChI is InChI=1S/C27H17N3O6/c1-15-6-2-4-8-20(15)30-25(32)17-11-10-16(12-19(17)26(30)33)27(34)35-14-23(31)29-24-18-7-3-5-9-21(18)36-22(24)13-28/h2-12H,14H2,1H3,(H,29,31). The van der Waals surface area contributed by atoms with Crippen molar-refractivity contribution in [3.05, 3.63) is 94.7 Å². The lowest BCUT2D eigenvalue weighted by Crippen LogP contribution is -2.29. The molecule has 9 heteroatoms. The van der Waals surface area contributed by atoms with Gasteiger partial charge in [0, 0.05) is 5.39 Å². The number of hydrogen-bond donors (Lipinski definition) is 1. The quantitative estimate of drug-likeness (QED) is 0.335. The molecule has 3 amide bonds. The fraction of sp³-hybridized carbons (Fsp3) is 0.0741. The summed E-state index contributed by atoms with van der Waals surface area (Å²) in [5, 5.41) is 12.4. The lowest BCUT2D eigenvalue weighted by atomic mass is 10.1. The number of para-hydroxylation sites is 2. The van der Waals surface area contributed by atoms with Crippen LogP contribution in [-0.2, 0) is 9.53 Å². The molecule has 1 aliphatic heterocycles. The van der Waals surface area contributed by atoms with E-state index in [1.165, 1.54) is 18.2 Å². The van der Waals surface area contributed by atoms with Gasteiger partial charge >= 0.3 is 5.97 Å². The molecule has 2 heterocycles. The van der Waals surface area contributed by atoms with Crippen LogP contribution in [0.1, 0.15) is 42.4 Å². The van der Waals surface area contributed by atoms with Crippen molar-refractivity contribution >= 4 is 46.0 Å². The van der Waals surface area contributed by atoms with Crippen LogP contribution in [0.4, 0.5) is 11.4 Å². The van der Waals surface area contributed by atoms with Gasteiger partial charge in [0.05, 0.1) is 22.4 Å². The summed E-state index contributed by atoms with van der Waals surface area (Å²) >= 11 is 0. The number of nitriles is 1. The zero-order chi connectivity index (χ0) is 25.4. The van der Waals surface area contributed by atoms with Gasteiger partial charge in [-0.1, -0.05) is 30.3 Å². The molecule has 5 rings (SSSR count). The Hall–Kier alpha value is -5.23. The molecule has 176 valence electrons. The molecule has 36 heavy (non-hydrogen) atoms. The second kappa shape index (κ2) is 8.85. The molecule has 0 bridgehead atoms. The fourth-order valence-electron chi connectivity index (χ4n) is 4.04. The number of esters is 1. The molecule has 0 fully saturated rings. The van der Waals surface area contributed by atoms with Gasteiger partial charge in [0.25, 0.3) is 17.7 Å². The molecule has 0 radical (unpaired) electrons. The zero-order valence-corrected chi connectivity index (χ0v) is 18.9. The van der Waals surface area contributed by atoms with Crippen molar-refractivity contribution < 1.29 is 28.3 Å². The van der Waals surface area contributed by atoms with Crippen LogP contribution in [0.3, 0.4) is 0 Å². The number of aryl methyl sites for hydroxylation is 1. The van der Waals surface area contributed by atoms with Crippen molar-refractivity contribution in [2.45, 2.75) is 6.92 Å². The van der Waals surface area contributed by atoms with Crippen molar-refractivity contribution in [2.75, 3.05) is 16.8 Å². The average molecular weight is 479 g/mol. The highest BCUT2D eigenvalue weighted by Gasteiger charge is 2.37.